The van der Waals surface area contributed by atoms with Crippen LogP contribution in [-0.2, 0) is 14.9 Å². The van der Waals surface area contributed by atoms with Gasteiger partial charge in [-0.05, 0) is 0 Å². The minimum Gasteiger partial charge on any atom is -0.394 e. The van der Waals surface area contributed by atoms with E-state index in [4.69, 9.17) is 14.8 Å². The number of hydrogen-bond acceptors (Lipinski definition) is 8. The summed E-state index contributed by atoms with van der Waals surface area (Å²) in [6.07, 6.45) is -8.39. The predicted octanol–water partition coefficient (Wildman–Crippen LogP) is -4.01. The molecule has 5 atom stereocenters. The molecule has 0 unspecified atom stereocenters. The Morgan fingerprint density at radius 3 is 2.12 bits per heavy atom. The molecule has 0 aromatic carbocycles. The summed E-state index contributed by atoms with van der Waals surface area (Å²) in [5.41, 5.74) is 0. The molecule has 0 amide bonds. The molecule has 0 spiro atoms. The molecule has 96 valence electrons. The zero-order valence-corrected chi connectivity index (χ0v) is 8.65. The van der Waals surface area contributed by atoms with Gasteiger partial charge in [0.2, 0.25) is 6.29 Å². The molecule has 0 aromatic heterocycles. The third-order valence-electron chi connectivity index (χ3n) is 2.38. The summed E-state index contributed by atoms with van der Waals surface area (Å²) in [5.74, 6) is 0. The summed E-state index contributed by atoms with van der Waals surface area (Å²) in [6.45, 7) is -0.823. The monoisotopic (exact) mass is 260 g/mol. The van der Waals surface area contributed by atoms with E-state index in [1.807, 2.05) is 0 Å². The molecule has 1 saturated heterocycles. The maximum absolute atomic E-state index is 10.8. The second-order valence-corrected chi connectivity index (χ2v) is 4.98. The Morgan fingerprint density at radius 2 is 1.75 bits per heavy atom. The first-order chi connectivity index (χ1) is 7.16. The van der Waals surface area contributed by atoms with Crippen LogP contribution in [0.2, 0.25) is 0 Å². The summed E-state index contributed by atoms with van der Waals surface area (Å²) in [7, 11) is -5.30. The second kappa shape index (κ2) is 4.16. The van der Waals surface area contributed by atoms with Gasteiger partial charge in [0, 0.05) is 0 Å². The summed E-state index contributed by atoms with van der Waals surface area (Å²) in [6, 6.07) is 0. The number of hydrogen-bond donors (Lipinski definition) is 6. The van der Waals surface area contributed by atoms with E-state index in [-0.39, 0.29) is 0 Å². The van der Waals surface area contributed by atoms with Gasteiger partial charge in [0.25, 0.3) is 4.93 Å². The van der Waals surface area contributed by atoms with Gasteiger partial charge < -0.3 is 30.3 Å². The van der Waals surface area contributed by atoms with Crippen LogP contribution in [0.1, 0.15) is 0 Å². The lowest BCUT2D eigenvalue weighted by atomic mass is 9.99. The molecule has 16 heavy (non-hydrogen) atoms. The lowest BCUT2D eigenvalue weighted by molar-refractivity contribution is -0.302. The average molecular weight is 260 g/mol. The van der Waals surface area contributed by atoms with Gasteiger partial charge in [-0.1, -0.05) is 0 Å². The summed E-state index contributed by atoms with van der Waals surface area (Å²) >= 11 is 0. The van der Waals surface area contributed by atoms with Crippen molar-refractivity contribution in [2.24, 2.45) is 0 Å². The molecule has 10 heteroatoms. The molecule has 1 fully saturated rings. The van der Waals surface area contributed by atoms with Gasteiger partial charge in [0.05, 0.1) is 6.61 Å². The van der Waals surface area contributed by atoms with Crippen molar-refractivity contribution >= 4 is 10.1 Å². The van der Waals surface area contributed by atoms with Crippen LogP contribution in [0.3, 0.4) is 0 Å². The highest BCUT2D eigenvalue weighted by Gasteiger charge is 2.62. The Kier molecular flexibility index (Phi) is 3.57. The standard InChI is InChI=1S/C6H12O9S/c7-1-2-3(8)4(9)6(11,5(10)15-2)16(12,13)14/h2-5,7-11H,1H2,(H,12,13,14)/t2-,3+,4-,5+,6-/m0/s1. The highest BCUT2D eigenvalue weighted by Crippen LogP contribution is 2.32. The van der Waals surface area contributed by atoms with Gasteiger partial charge in [-0.15, -0.1) is 0 Å². The molecule has 0 radical (unpaired) electrons. The summed E-state index contributed by atoms with van der Waals surface area (Å²) < 4.78 is 34.6. The van der Waals surface area contributed by atoms with Crippen molar-refractivity contribution in [1.29, 1.82) is 0 Å². The first kappa shape index (κ1) is 13.7. The Labute approximate surface area is 90.3 Å². The van der Waals surface area contributed by atoms with Crippen molar-refractivity contribution in [3.8, 4) is 0 Å². The fourth-order valence-electron chi connectivity index (χ4n) is 1.37. The van der Waals surface area contributed by atoms with Crippen molar-refractivity contribution in [1.82, 2.24) is 0 Å². The molecule has 0 aliphatic carbocycles. The normalized spacial score (nSPS) is 45.6. The topological polar surface area (TPSA) is 165 Å². The van der Waals surface area contributed by atoms with Crippen molar-refractivity contribution in [3.63, 3.8) is 0 Å². The fraction of sp³-hybridized carbons (Fsp3) is 1.00. The molecule has 1 aliphatic heterocycles. The van der Waals surface area contributed by atoms with E-state index in [9.17, 15) is 23.7 Å². The van der Waals surface area contributed by atoms with Crippen LogP contribution in [0.15, 0.2) is 0 Å². The Bertz CT molecular complexity index is 353. The molecular formula is C6H12O9S. The number of aliphatic hydroxyl groups excluding tert-OH is 4. The van der Waals surface area contributed by atoms with E-state index in [1.54, 1.807) is 0 Å². The Morgan fingerprint density at radius 1 is 1.25 bits per heavy atom. The van der Waals surface area contributed by atoms with Gasteiger partial charge in [0.15, 0.2) is 0 Å². The van der Waals surface area contributed by atoms with Crippen LogP contribution in [0.25, 0.3) is 0 Å². The van der Waals surface area contributed by atoms with E-state index < -0.39 is 46.3 Å². The average Bonchev–Trinajstić information content (AvgIpc) is 2.18. The quantitative estimate of drug-likeness (QED) is 0.271. The number of rotatable bonds is 2. The maximum atomic E-state index is 10.8. The lowest BCUT2D eigenvalue weighted by Gasteiger charge is -2.43. The van der Waals surface area contributed by atoms with Crippen LogP contribution in [-0.4, -0.2) is 74.6 Å². The molecular weight excluding hydrogens is 248 g/mol. The van der Waals surface area contributed by atoms with Crippen molar-refractivity contribution in [2.45, 2.75) is 29.5 Å². The Balaban J connectivity index is 3.15. The minimum absolute atomic E-state index is 0.823. The number of aliphatic hydroxyl groups is 5. The summed E-state index contributed by atoms with van der Waals surface area (Å²) in [5, 5.41) is 45.8. The smallest absolute Gasteiger partial charge is 0.303 e. The minimum atomic E-state index is -5.30. The highest BCUT2D eigenvalue weighted by molar-refractivity contribution is 7.87. The van der Waals surface area contributed by atoms with E-state index in [0.717, 1.165) is 0 Å². The largest absolute Gasteiger partial charge is 0.394 e. The van der Waals surface area contributed by atoms with Crippen LogP contribution in [0, 0.1) is 0 Å². The zero-order valence-electron chi connectivity index (χ0n) is 7.83. The predicted molar refractivity (Wildman–Crippen MR) is 46.5 cm³/mol. The zero-order chi connectivity index (χ0) is 12.7. The van der Waals surface area contributed by atoms with Gasteiger partial charge in [-0.3, -0.25) is 4.55 Å². The third-order valence-corrected chi connectivity index (χ3v) is 3.65. The second-order valence-electron chi connectivity index (χ2n) is 3.37. The molecule has 6 N–H and O–H groups in total. The van der Waals surface area contributed by atoms with Crippen molar-refractivity contribution in [2.75, 3.05) is 6.61 Å². The van der Waals surface area contributed by atoms with Crippen molar-refractivity contribution in [3.05, 3.63) is 0 Å². The third kappa shape index (κ3) is 1.83. The molecule has 1 rings (SSSR count). The molecule has 0 bridgehead atoms. The molecule has 0 aromatic rings. The van der Waals surface area contributed by atoms with Crippen LogP contribution >= 0.6 is 0 Å². The highest BCUT2D eigenvalue weighted by atomic mass is 32.2. The van der Waals surface area contributed by atoms with Gasteiger partial charge in [0.1, 0.15) is 18.3 Å². The van der Waals surface area contributed by atoms with Crippen LogP contribution in [0.4, 0.5) is 0 Å². The molecule has 1 aliphatic rings. The lowest BCUT2D eigenvalue weighted by Crippen LogP contribution is -2.69. The van der Waals surface area contributed by atoms with Crippen LogP contribution in [0.5, 0.6) is 0 Å². The first-order valence-electron chi connectivity index (χ1n) is 4.16. The SMILES string of the molecule is O=S(=O)(O)[C@]1(O)[C@H](O)O[C@@H](CO)[C@@H](O)[C@@H]1O. The van der Waals surface area contributed by atoms with E-state index in [2.05, 4.69) is 4.74 Å². The van der Waals surface area contributed by atoms with E-state index in [0.29, 0.717) is 0 Å². The van der Waals surface area contributed by atoms with Gasteiger partial charge in [-0.2, -0.15) is 8.42 Å². The Hall–Kier alpha value is -0.330. The van der Waals surface area contributed by atoms with Crippen molar-refractivity contribution < 1.29 is 43.2 Å². The van der Waals surface area contributed by atoms with Gasteiger partial charge in [-0.25, -0.2) is 0 Å². The molecule has 9 nitrogen and oxygen atoms in total. The van der Waals surface area contributed by atoms with E-state index >= 15 is 0 Å². The first-order valence-corrected chi connectivity index (χ1v) is 5.60. The summed E-state index contributed by atoms with van der Waals surface area (Å²) in [4.78, 5) is -3.46. The maximum Gasteiger partial charge on any atom is 0.303 e. The number of ether oxygens (including phenoxy) is 1. The fourth-order valence-corrected chi connectivity index (χ4v) is 2.12. The van der Waals surface area contributed by atoms with Gasteiger partial charge >= 0.3 is 10.1 Å². The van der Waals surface area contributed by atoms with E-state index in [1.165, 1.54) is 0 Å². The molecule has 1 heterocycles. The molecule has 0 saturated carbocycles. The van der Waals surface area contributed by atoms with Crippen LogP contribution < -0.4 is 0 Å².